The van der Waals surface area contributed by atoms with Crippen molar-refractivity contribution in [1.82, 2.24) is 20.0 Å². The van der Waals surface area contributed by atoms with Gasteiger partial charge in [0.05, 0.1) is 32.5 Å². The fraction of sp³-hybridized carbons (Fsp3) is 0.417. The average molecular weight is 756 g/mol. The van der Waals surface area contributed by atoms with E-state index in [9.17, 15) is 19.3 Å². The Morgan fingerprint density at radius 2 is 1.63 bits per heavy atom. The zero-order valence-corrected chi connectivity index (χ0v) is 30.7. The van der Waals surface area contributed by atoms with E-state index in [0.29, 0.717) is 25.1 Å². The molecule has 0 aromatic heterocycles. The Balaban J connectivity index is 0.864. The molecule has 15 heteroatoms. The highest BCUT2D eigenvalue weighted by atomic mass is 35.5. The number of amides is 3. The second-order valence-electron chi connectivity index (χ2n) is 12.6. The first-order valence-corrected chi connectivity index (χ1v) is 20.1. The zero-order valence-electron chi connectivity index (χ0n) is 28.2. The number of nitrogens with one attached hydrogen (secondary N) is 2. The Labute approximate surface area is 308 Å². The van der Waals surface area contributed by atoms with Crippen LogP contribution in [0.25, 0.3) is 0 Å². The number of piperazine rings is 1. The van der Waals surface area contributed by atoms with Crippen molar-refractivity contribution in [3.8, 4) is 0 Å². The van der Waals surface area contributed by atoms with Crippen LogP contribution in [-0.4, -0.2) is 109 Å². The Morgan fingerprint density at radius 3 is 2.37 bits per heavy atom. The fourth-order valence-corrected chi connectivity index (χ4v) is 8.06. The highest BCUT2D eigenvalue weighted by Crippen LogP contribution is 2.43. The summed E-state index contributed by atoms with van der Waals surface area (Å²) in [5.41, 5.74) is 4.48. The van der Waals surface area contributed by atoms with Gasteiger partial charge in [-0.05, 0) is 53.6 Å². The van der Waals surface area contributed by atoms with Crippen LogP contribution in [0.4, 0.5) is 5.69 Å². The maximum Gasteiger partial charge on any atom is 0.324 e. The number of hydrogen-bond acceptors (Lipinski definition) is 10. The summed E-state index contributed by atoms with van der Waals surface area (Å²) in [5, 5.41) is 6.28. The largest absolute Gasteiger partial charge is 0.382 e. The second-order valence-corrected chi connectivity index (χ2v) is 15.9. The molecule has 6 rings (SSSR count). The van der Waals surface area contributed by atoms with E-state index in [2.05, 4.69) is 56.8 Å². The summed E-state index contributed by atoms with van der Waals surface area (Å²) in [7, 11) is 0. The van der Waals surface area contributed by atoms with Gasteiger partial charge in [0.25, 0.3) is 5.91 Å². The summed E-state index contributed by atoms with van der Waals surface area (Å²) < 4.78 is 16.7. The molecule has 3 amide bonds. The van der Waals surface area contributed by atoms with E-state index in [0.717, 1.165) is 49.0 Å². The number of fused-ring (bicyclic) bond motifs is 1. The first-order valence-electron chi connectivity index (χ1n) is 17.2. The predicted octanol–water partition coefficient (Wildman–Crippen LogP) is 4.19. The fourth-order valence-electron chi connectivity index (χ4n) is 6.78. The van der Waals surface area contributed by atoms with Crippen LogP contribution in [0.15, 0.2) is 72.8 Å². The van der Waals surface area contributed by atoms with Crippen LogP contribution in [-0.2, 0) is 41.7 Å². The third-order valence-corrected chi connectivity index (χ3v) is 11.3. The van der Waals surface area contributed by atoms with Gasteiger partial charge < -0.3 is 28.9 Å². The zero-order chi connectivity index (χ0) is 35.8. The number of benzene rings is 3. The van der Waals surface area contributed by atoms with Gasteiger partial charge in [-0.3, -0.25) is 29.5 Å². The summed E-state index contributed by atoms with van der Waals surface area (Å²) in [6.07, 6.45) is 0.494. The molecule has 0 radical (unpaired) electrons. The number of carbonyl (C=O) groups excluding carboxylic acids is 3. The van der Waals surface area contributed by atoms with Crippen molar-refractivity contribution in [2.24, 2.45) is 0 Å². The van der Waals surface area contributed by atoms with Crippen LogP contribution >= 0.6 is 18.3 Å². The van der Waals surface area contributed by atoms with Crippen molar-refractivity contribution in [3.63, 3.8) is 0 Å². The van der Waals surface area contributed by atoms with Crippen LogP contribution in [0.1, 0.15) is 45.9 Å². The Kier molecular flexibility index (Phi) is 12.9. The number of ether oxygens (including phenoxy) is 1. The van der Waals surface area contributed by atoms with E-state index in [-0.39, 0.29) is 50.6 Å². The lowest BCUT2D eigenvalue weighted by Gasteiger charge is -2.39. The molecule has 3 atom stereocenters. The summed E-state index contributed by atoms with van der Waals surface area (Å²) in [5.74, 6) is -1.02. The summed E-state index contributed by atoms with van der Waals surface area (Å²) in [4.78, 5) is 53.9. The average Bonchev–Trinajstić information content (AvgIpc) is 3.46. The van der Waals surface area contributed by atoms with Gasteiger partial charge in [0.15, 0.2) is 0 Å². The van der Waals surface area contributed by atoms with Gasteiger partial charge in [-0.25, -0.2) is 0 Å². The van der Waals surface area contributed by atoms with Gasteiger partial charge >= 0.3 is 6.72 Å². The number of nitrogens with zero attached hydrogens (tertiary/aromatic N) is 3. The molecule has 0 spiro atoms. The van der Waals surface area contributed by atoms with Crippen LogP contribution < -0.4 is 10.6 Å². The lowest BCUT2D eigenvalue weighted by atomic mass is 9.96. The van der Waals surface area contributed by atoms with Crippen LogP contribution in [0.3, 0.4) is 0 Å². The van der Waals surface area contributed by atoms with Crippen molar-refractivity contribution in [3.05, 3.63) is 100 Å². The smallest absolute Gasteiger partial charge is 0.324 e. The van der Waals surface area contributed by atoms with Crippen molar-refractivity contribution in [2.45, 2.75) is 31.5 Å². The normalized spacial score (nSPS) is 20.2. The molecule has 51 heavy (non-hydrogen) atoms. The van der Waals surface area contributed by atoms with E-state index in [1.807, 2.05) is 24.3 Å². The minimum absolute atomic E-state index is 0.0816. The van der Waals surface area contributed by atoms with Crippen LogP contribution in [0.2, 0.25) is 5.02 Å². The SMILES string of the molecule is O=C1CCC(N2Cc3c(NCCOP(O)(=S)OCCOCCN4CCN(C(c5ccccc5)c5ccc(Cl)cc5)CC4)cccc3C2=O)C(=O)N1. The number of rotatable bonds is 16. The van der Waals surface area contributed by atoms with E-state index in [4.69, 9.17) is 37.2 Å². The topological polar surface area (TPSA) is 133 Å². The van der Waals surface area contributed by atoms with Gasteiger partial charge in [-0.2, -0.15) is 0 Å². The number of carbonyl (C=O) groups is 3. The standard InChI is InChI=1S/C36H43ClN5O7PS/c37-28-11-9-27(10-12-28)34(26-5-2-1-3-6-26)41-18-16-40(17-19-41)20-22-47-23-24-49-50(46,51)48-21-15-38-31-8-4-7-29-30(31)25-42(36(29)45)32-13-14-33(43)39-35(32)44/h1-12,32,34,38H,13-25H2,(H,46,51)(H,39,43,44). The second kappa shape index (κ2) is 17.5. The predicted molar refractivity (Wildman–Crippen MR) is 198 cm³/mol. The molecular weight excluding hydrogens is 713 g/mol. The van der Waals surface area contributed by atoms with E-state index < -0.39 is 18.7 Å². The summed E-state index contributed by atoms with van der Waals surface area (Å²) in [6, 6.07) is 23.5. The van der Waals surface area contributed by atoms with Crippen LogP contribution in [0.5, 0.6) is 0 Å². The maximum absolute atomic E-state index is 13.0. The van der Waals surface area contributed by atoms with Crippen LogP contribution in [0, 0.1) is 0 Å². The van der Waals surface area contributed by atoms with Crippen molar-refractivity contribution >= 4 is 53.5 Å². The molecule has 12 nitrogen and oxygen atoms in total. The molecule has 3 aromatic carbocycles. The first kappa shape index (κ1) is 37.5. The molecule has 3 heterocycles. The number of hydrogen-bond donors (Lipinski definition) is 3. The van der Waals surface area contributed by atoms with Gasteiger partial charge in [-0.1, -0.05) is 60.1 Å². The Bertz CT molecular complexity index is 1730. The van der Waals surface area contributed by atoms with E-state index in [1.165, 1.54) is 16.0 Å². The number of piperidine rings is 1. The molecule has 0 saturated carbocycles. The Hall–Kier alpha value is -3.23. The quantitative estimate of drug-likeness (QED) is 0.111. The number of anilines is 1. The van der Waals surface area contributed by atoms with Crippen molar-refractivity contribution in [1.29, 1.82) is 0 Å². The van der Waals surface area contributed by atoms with Gasteiger partial charge in [0.2, 0.25) is 11.8 Å². The van der Waals surface area contributed by atoms with Crippen molar-refractivity contribution in [2.75, 3.05) is 71.0 Å². The third kappa shape index (κ3) is 9.81. The highest BCUT2D eigenvalue weighted by molar-refractivity contribution is 8.07. The van der Waals surface area contributed by atoms with Gasteiger partial charge in [-0.15, -0.1) is 0 Å². The molecule has 3 aromatic rings. The first-order chi connectivity index (χ1) is 24.7. The molecule has 272 valence electrons. The van der Waals surface area contributed by atoms with Crippen molar-refractivity contribution < 1.29 is 33.1 Å². The number of halogens is 1. The monoisotopic (exact) mass is 755 g/mol. The summed E-state index contributed by atoms with van der Waals surface area (Å²) in [6.45, 7) is 2.59. The molecular formula is C36H43ClN5O7PS. The lowest BCUT2D eigenvalue weighted by molar-refractivity contribution is -0.136. The maximum atomic E-state index is 13.0. The third-order valence-electron chi connectivity index (χ3n) is 9.36. The van der Waals surface area contributed by atoms with E-state index in [1.54, 1.807) is 12.1 Å². The van der Waals surface area contributed by atoms with Gasteiger partial charge in [0.1, 0.15) is 6.04 Å². The molecule has 3 unspecified atom stereocenters. The van der Waals surface area contributed by atoms with Gasteiger partial charge in [0, 0.05) is 74.1 Å². The minimum Gasteiger partial charge on any atom is -0.382 e. The summed E-state index contributed by atoms with van der Waals surface area (Å²) >= 11 is 11.3. The molecule has 2 fully saturated rings. The molecule has 0 bridgehead atoms. The lowest BCUT2D eigenvalue weighted by Crippen LogP contribution is -2.52. The molecule has 3 N–H and O–H groups in total. The minimum atomic E-state index is -3.47. The van der Waals surface area contributed by atoms with E-state index >= 15 is 0 Å². The molecule has 2 saturated heterocycles. The Morgan fingerprint density at radius 1 is 0.902 bits per heavy atom. The molecule has 3 aliphatic heterocycles. The molecule has 3 aliphatic rings. The number of imide groups is 1. The highest BCUT2D eigenvalue weighted by Gasteiger charge is 2.39. The molecule has 0 aliphatic carbocycles.